The van der Waals surface area contributed by atoms with Crippen LogP contribution in [0.1, 0.15) is 59.2 Å². The zero-order chi connectivity index (χ0) is 25.9. The van der Waals surface area contributed by atoms with Crippen molar-refractivity contribution in [2.45, 2.75) is 58.2 Å². The van der Waals surface area contributed by atoms with E-state index in [0.29, 0.717) is 42.6 Å². The largest absolute Gasteiger partial charge is 0.472 e. The number of alkyl halides is 2. The van der Waals surface area contributed by atoms with Crippen molar-refractivity contribution < 1.29 is 28.2 Å². The molecular formula is C24H33F2N5O4S. The number of β-amino-alcohol motifs (C(OH)–C–C–N with tert-alkyl or cyclic N) is 1. The number of piperidine rings is 1. The molecule has 5 N–H and O–H groups in total. The van der Waals surface area contributed by atoms with Crippen LogP contribution in [0, 0.1) is 0 Å². The molecule has 1 aliphatic heterocycles. The van der Waals surface area contributed by atoms with E-state index in [9.17, 15) is 23.5 Å². The molecule has 9 nitrogen and oxygen atoms in total. The van der Waals surface area contributed by atoms with Crippen LogP contribution in [0.5, 0.6) is 5.88 Å². The van der Waals surface area contributed by atoms with E-state index in [0.717, 1.165) is 37.5 Å². The molecule has 2 aromatic rings. The van der Waals surface area contributed by atoms with Crippen molar-refractivity contribution in [2.75, 3.05) is 31.5 Å². The lowest BCUT2D eigenvalue weighted by Gasteiger charge is -2.28. The molecule has 0 radical (unpaired) electrons. The lowest BCUT2D eigenvalue weighted by molar-refractivity contribution is 0.0933. The molecule has 0 aliphatic carbocycles. The highest BCUT2D eigenvalue weighted by atomic mass is 32.1. The number of ether oxygens (including phenoxy) is 1. The third-order valence-corrected chi connectivity index (χ3v) is 6.73. The summed E-state index contributed by atoms with van der Waals surface area (Å²) in [6.45, 7) is 1.40. The van der Waals surface area contributed by atoms with E-state index in [-0.39, 0.29) is 23.1 Å². The first kappa shape index (κ1) is 27.8. The second kappa shape index (κ2) is 14.0. The van der Waals surface area contributed by atoms with Gasteiger partial charge in [-0.3, -0.25) is 10.1 Å². The van der Waals surface area contributed by atoms with Crippen molar-refractivity contribution in [3.05, 3.63) is 40.5 Å². The molecule has 1 aromatic heterocycles. The molecule has 0 saturated carbocycles. The molecule has 1 fully saturated rings. The van der Waals surface area contributed by atoms with E-state index < -0.39 is 31.4 Å². The fourth-order valence-corrected chi connectivity index (χ4v) is 4.80. The molecule has 12 heteroatoms. The molecule has 1 aromatic carbocycles. The van der Waals surface area contributed by atoms with Gasteiger partial charge in [-0.15, -0.1) is 0 Å². The SMILES string of the molecule is NC(=O)c1c(OCc2cc(CF)ccc2CF)nsc1NC(=O)NCCCC(O)CN1CCCCC1. The van der Waals surface area contributed by atoms with Gasteiger partial charge in [0.2, 0.25) is 5.88 Å². The maximum absolute atomic E-state index is 13.3. The summed E-state index contributed by atoms with van der Waals surface area (Å²) < 4.78 is 35.9. The molecule has 2 heterocycles. The van der Waals surface area contributed by atoms with Gasteiger partial charge in [0.05, 0.1) is 6.10 Å². The summed E-state index contributed by atoms with van der Waals surface area (Å²) >= 11 is 0.822. The Morgan fingerprint density at radius 1 is 1.19 bits per heavy atom. The molecule has 0 bridgehead atoms. The summed E-state index contributed by atoms with van der Waals surface area (Å²) in [5.41, 5.74) is 6.50. The zero-order valence-electron chi connectivity index (χ0n) is 20.1. The highest BCUT2D eigenvalue weighted by Crippen LogP contribution is 2.31. The van der Waals surface area contributed by atoms with Gasteiger partial charge in [-0.2, -0.15) is 4.37 Å². The van der Waals surface area contributed by atoms with Gasteiger partial charge in [0, 0.05) is 13.1 Å². The molecule has 1 saturated heterocycles. The van der Waals surface area contributed by atoms with Crippen LogP contribution in [0.2, 0.25) is 0 Å². The van der Waals surface area contributed by atoms with E-state index in [2.05, 4.69) is 19.9 Å². The van der Waals surface area contributed by atoms with Crippen molar-refractivity contribution in [1.29, 1.82) is 0 Å². The normalized spacial score (nSPS) is 14.9. The van der Waals surface area contributed by atoms with Gasteiger partial charge < -0.3 is 25.8 Å². The number of aromatic nitrogens is 1. The number of nitrogens with zero attached hydrogens (tertiary/aromatic N) is 2. The van der Waals surface area contributed by atoms with Crippen molar-refractivity contribution in [3.8, 4) is 5.88 Å². The van der Waals surface area contributed by atoms with E-state index in [4.69, 9.17) is 10.5 Å². The fraction of sp³-hybridized carbons (Fsp3) is 0.542. The monoisotopic (exact) mass is 525 g/mol. The third-order valence-electron chi connectivity index (χ3n) is 5.98. The van der Waals surface area contributed by atoms with Gasteiger partial charge in [-0.1, -0.05) is 18.6 Å². The molecule has 198 valence electrons. The van der Waals surface area contributed by atoms with Crippen LogP contribution in [-0.4, -0.2) is 58.6 Å². The van der Waals surface area contributed by atoms with E-state index in [1.807, 2.05) is 0 Å². The fourth-order valence-electron chi connectivity index (χ4n) is 4.07. The number of anilines is 1. The number of carbonyl (C=O) groups excluding carboxylic acids is 2. The first-order chi connectivity index (χ1) is 17.4. The number of benzene rings is 1. The number of urea groups is 1. The van der Waals surface area contributed by atoms with Gasteiger partial charge in [-0.05, 0) is 73.1 Å². The van der Waals surface area contributed by atoms with E-state index >= 15 is 0 Å². The van der Waals surface area contributed by atoms with Gasteiger partial charge >= 0.3 is 6.03 Å². The minimum absolute atomic E-state index is 0.0981. The van der Waals surface area contributed by atoms with Crippen molar-refractivity contribution in [1.82, 2.24) is 14.6 Å². The van der Waals surface area contributed by atoms with Crippen molar-refractivity contribution >= 4 is 28.5 Å². The second-order valence-electron chi connectivity index (χ2n) is 8.75. The Hall–Kier alpha value is -2.83. The van der Waals surface area contributed by atoms with Crippen molar-refractivity contribution in [2.24, 2.45) is 5.73 Å². The minimum atomic E-state index is -0.849. The van der Waals surface area contributed by atoms with Crippen LogP contribution in [-0.2, 0) is 20.0 Å². The molecule has 0 spiro atoms. The standard InChI is InChI=1S/C24H33F2N5O4S/c25-12-16-6-7-17(13-26)18(11-16)15-35-22-20(21(27)33)23(36-30-22)29-24(34)28-8-4-5-19(32)14-31-9-2-1-3-10-31/h6-7,11,19,32H,1-5,8-10,12-15H2,(H2,27,33)(H2,28,29,34). The summed E-state index contributed by atoms with van der Waals surface area (Å²) in [5, 5.41) is 15.6. The zero-order valence-corrected chi connectivity index (χ0v) is 20.9. The number of halogens is 2. The van der Waals surface area contributed by atoms with E-state index in [1.165, 1.54) is 24.6 Å². The van der Waals surface area contributed by atoms with Gasteiger partial charge in [-0.25, -0.2) is 13.6 Å². The molecule has 1 unspecified atom stereocenters. The number of amides is 3. The van der Waals surface area contributed by atoms with Gasteiger partial charge in [0.25, 0.3) is 5.91 Å². The molecule has 3 amide bonds. The number of carbonyl (C=O) groups is 2. The van der Waals surface area contributed by atoms with Crippen LogP contribution >= 0.6 is 11.5 Å². The van der Waals surface area contributed by atoms with Crippen LogP contribution in [0.25, 0.3) is 0 Å². The average molecular weight is 526 g/mol. The molecule has 1 aliphatic rings. The molecule has 3 rings (SSSR count). The van der Waals surface area contributed by atoms with Crippen LogP contribution < -0.4 is 21.1 Å². The number of hydrogen-bond acceptors (Lipinski definition) is 7. The van der Waals surface area contributed by atoms with Crippen LogP contribution in [0.3, 0.4) is 0 Å². The number of nitrogens with one attached hydrogen (secondary N) is 2. The van der Waals surface area contributed by atoms with Crippen molar-refractivity contribution in [3.63, 3.8) is 0 Å². The summed E-state index contributed by atoms with van der Waals surface area (Å²) in [7, 11) is 0. The number of aliphatic hydroxyl groups excluding tert-OH is 1. The van der Waals surface area contributed by atoms with E-state index in [1.54, 1.807) is 0 Å². The van der Waals surface area contributed by atoms with Gasteiger partial charge in [0.15, 0.2) is 0 Å². The van der Waals surface area contributed by atoms with Gasteiger partial charge in [0.1, 0.15) is 30.5 Å². The molecule has 1 atom stereocenters. The lowest BCUT2D eigenvalue weighted by atomic mass is 10.1. The van der Waals surface area contributed by atoms with Crippen LogP contribution in [0.15, 0.2) is 18.2 Å². The number of aliphatic hydroxyl groups is 1. The third kappa shape index (κ3) is 8.10. The number of primary amides is 1. The number of likely N-dealkylation sites (tertiary alicyclic amines) is 1. The summed E-state index contributed by atoms with van der Waals surface area (Å²) in [5.74, 6) is -0.947. The second-order valence-corrected chi connectivity index (χ2v) is 9.53. The predicted molar refractivity (Wildman–Crippen MR) is 134 cm³/mol. The predicted octanol–water partition coefficient (Wildman–Crippen LogP) is 3.51. The first-order valence-corrected chi connectivity index (χ1v) is 12.8. The maximum Gasteiger partial charge on any atom is 0.319 e. The topological polar surface area (TPSA) is 130 Å². The highest BCUT2D eigenvalue weighted by Gasteiger charge is 2.22. The summed E-state index contributed by atoms with van der Waals surface area (Å²) in [6, 6.07) is 3.91. The smallest absolute Gasteiger partial charge is 0.319 e. The molecular weight excluding hydrogens is 492 g/mol. The Kier molecular flexibility index (Phi) is 10.8. The quantitative estimate of drug-likeness (QED) is 0.296. The minimum Gasteiger partial charge on any atom is -0.472 e. The number of nitrogens with two attached hydrogens (primary N) is 1. The summed E-state index contributed by atoms with van der Waals surface area (Å²) in [6.07, 6.45) is 4.28. The Morgan fingerprint density at radius 2 is 1.97 bits per heavy atom. The Bertz CT molecular complexity index is 1020. The first-order valence-electron chi connectivity index (χ1n) is 12.0. The average Bonchev–Trinajstić information content (AvgIpc) is 3.28. The van der Waals surface area contributed by atoms with Crippen LogP contribution in [0.4, 0.5) is 18.6 Å². The number of hydrogen-bond donors (Lipinski definition) is 4. The molecule has 36 heavy (non-hydrogen) atoms. The maximum atomic E-state index is 13.3. The Labute approximate surface area is 213 Å². The number of rotatable bonds is 13. The lowest BCUT2D eigenvalue weighted by Crippen LogP contribution is -2.37. The highest BCUT2D eigenvalue weighted by molar-refractivity contribution is 7.11. The summed E-state index contributed by atoms with van der Waals surface area (Å²) in [4.78, 5) is 26.6. The Balaban J connectivity index is 1.49. The Morgan fingerprint density at radius 3 is 2.67 bits per heavy atom.